The molecule has 0 spiro atoms. The standard InChI is InChI=1S/C17H30O/c1-11-5-12(2)7-14(6-11)9-15-8-13(3)16-17(4,10-15)18-16/h11-16H,5-10H2,1-4H3. The molecule has 0 N–H and O–H groups in total. The Kier molecular flexibility index (Phi) is 3.25. The summed E-state index contributed by atoms with van der Waals surface area (Å²) in [5, 5.41) is 0. The third kappa shape index (κ3) is 2.48. The van der Waals surface area contributed by atoms with Crippen LogP contribution < -0.4 is 0 Å². The van der Waals surface area contributed by atoms with Crippen molar-refractivity contribution in [1.29, 1.82) is 0 Å². The number of fused-ring (bicyclic) bond motifs is 1. The minimum atomic E-state index is 0.272. The van der Waals surface area contributed by atoms with Gasteiger partial charge in [0.1, 0.15) is 0 Å². The summed E-state index contributed by atoms with van der Waals surface area (Å²) in [6, 6.07) is 0. The molecule has 1 nitrogen and oxygen atoms in total. The van der Waals surface area contributed by atoms with E-state index >= 15 is 0 Å². The van der Waals surface area contributed by atoms with Crippen molar-refractivity contribution >= 4 is 0 Å². The maximum Gasteiger partial charge on any atom is 0.0925 e. The Balaban J connectivity index is 1.56. The quantitative estimate of drug-likeness (QED) is 0.650. The molecule has 1 saturated heterocycles. The van der Waals surface area contributed by atoms with E-state index in [-0.39, 0.29) is 5.60 Å². The van der Waals surface area contributed by atoms with Crippen molar-refractivity contribution in [2.75, 3.05) is 0 Å². The van der Waals surface area contributed by atoms with Crippen LogP contribution in [0.1, 0.15) is 66.2 Å². The molecule has 1 heterocycles. The lowest BCUT2D eigenvalue weighted by molar-refractivity contribution is 0.159. The average Bonchev–Trinajstić information content (AvgIpc) is 2.88. The van der Waals surface area contributed by atoms with Crippen molar-refractivity contribution in [3.05, 3.63) is 0 Å². The lowest BCUT2D eigenvalue weighted by Crippen LogP contribution is -2.30. The van der Waals surface area contributed by atoms with Crippen molar-refractivity contribution < 1.29 is 4.74 Å². The lowest BCUT2D eigenvalue weighted by atomic mass is 9.69. The molecule has 0 aromatic heterocycles. The van der Waals surface area contributed by atoms with E-state index in [1.54, 1.807) is 0 Å². The highest BCUT2D eigenvalue weighted by molar-refractivity contribution is 5.06. The van der Waals surface area contributed by atoms with Crippen LogP contribution >= 0.6 is 0 Å². The van der Waals surface area contributed by atoms with Crippen LogP contribution in [-0.2, 0) is 4.74 Å². The van der Waals surface area contributed by atoms with Crippen LogP contribution in [0.15, 0.2) is 0 Å². The Hall–Kier alpha value is -0.0400. The summed E-state index contributed by atoms with van der Waals surface area (Å²) >= 11 is 0. The van der Waals surface area contributed by atoms with Crippen LogP contribution in [0.5, 0.6) is 0 Å². The van der Waals surface area contributed by atoms with Crippen molar-refractivity contribution in [3.63, 3.8) is 0 Å². The van der Waals surface area contributed by atoms with Crippen molar-refractivity contribution in [2.24, 2.45) is 29.6 Å². The van der Waals surface area contributed by atoms with Crippen LogP contribution in [0.3, 0.4) is 0 Å². The molecule has 2 saturated carbocycles. The first-order valence-electron chi connectivity index (χ1n) is 8.14. The minimum Gasteiger partial charge on any atom is -0.366 e. The predicted octanol–water partition coefficient (Wildman–Crippen LogP) is 4.65. The Morgan fingerprint density at radius 1 is 0.944 bits per heavy atom. The third-order valence-corrected chi connectivity index (χ3v) is 5.80. The highest BCUT2D eigenvalue weighted by Crippen LogP contribution is 2.54. The van der Waals surface area contributed by atoms with Gasteiger partial charge in [0, 0.05) is 0 Å². The maximum atomic E-state index is 5.94. The molecular formula is C17H30O. The fourth-order valence-electron chi connectivity index (χ4n) is 5.40. The van der Waals surface area contributed by atoms with E-state index < -0.39 is 0 Å². The summed E-state index contributed by atoms with van der Waals surface area (Å²) < 4.78 is 5.94. The van der Waals surface area contributed by atoms with Gasteiger partial charge in [-0.25, -0.2) is 0 Å². The Labute approximate surface area is 113 Å². The van der Waals surface area contributed by atoms with E-state index in [9.17, 15) is 0 Å². The molecule has 0 bridgehead atoms. The van der Waals surface area contributed by atoms with Gasteiger partial charge in [-0.3, -0.25) is 0 Å². The number of epoxide rings is 1. The van der Waals surface area contributed by atoms with Crippen LogP contribution in [0.4, 0.5) is 0 Å². The third-order valence-electron chi connectivity index (χ3n) is 5.80. The SMILES string of the molecule is CC1CC(C)CC(CC2CC(C)C3OC3(C)C2)C1. The van der Waals surface area contributed by atoms with Gasteiger partial charge in [-0.15, -0.1) is 0 Å². The second kappa shape index (κ2) is 4.51. The van der Waals surface area contributed by atoms with Crippen molar-refractivity contribution in [1.82, 2.24) is 0 Å². The highest BCUT2D eigenvalue weighted by Gasteiger charge is 2.58. The Bertz CT molecular complexity index is 303. The molecular weight excluding hydrogens is 220 g/mol. The molecule has 104 valence electrons. The van der Waals surface area contributed by atoms with Gasteiger partial charge < -0.3 is 4.74 Å². The highest BCUT2D eigenvalue weighted by atomic mass is 16.6. The van der Waals surface area contributed by atoms with Crippen molar-refractivity contribution in [3.8, 4) is 0 Å². The van der Waals surface area contributed by atoms with Gasteiger partial charge in [0.05, 0.1) is 11.7 Å². The first-order chi connectivity index (χ1) is 8.46. The summed E-state index contributed by atoms with van der Waals surface area (Å²) in [6.07, 6.45) is 9.25. The van der Waals surface area contributed by atoms with E-state index in [1.807, 2.05) is 0 Å². The normalized spacial score (nSPS) is 56.0. The molecule has 18 heavy (non-hydrogen) atoms. The molecule has 0 radical (unpaired) electrons. The van der Waals surface area contributed by atoms with Crippen LogP contribution in [0.2, 0.25) is 0 Å². The summed E-state index contributed by atoms with van der Waals surface area (Å²) in [5.41, 5.74) is 0.272. The van der Waals surface area contributed by atoms with Gasteiger partial charge in [-0.05, 0) is 75.0 Å². The molecule has 1 aliphatic heterocycles. The molecule has 0 aromatic rings. The fraction of sp³-hybridized carbons (Fsp3) is 1.00. The van der Waals surface area contributed by atoms with E-state index in [4.69, 9.17) is 4.74 Å². The average molecular weight is 250 g/mol. The summed E-state index contributed by atoms with van der Waals surface area (Å²) in [5.74, 6) is 4.65. The molecule has 6 unspecified atom stereocenters. The van der Waals surface area contributed by atoms with Gasteiger partial charge in [-0.2, -0.15) is 0 Å². The zero-order valence-electron chi connectivity index (χ0n) is 12.6. The molecule has 3 rings (SSSR count). The topological polar surface area (TPSA) is 12.5 Å². The largest absolute Gasteiger partial charge is 0.366 e. The van der Waals surface area contributed by atoms with Crippen LogP contribution in [-0.4, -0.2) is 11.7 Å². The zero-order chi connectivity index (χ0) is 12.9. The van der Waals surface area contributed by atoms with Gasteiger partial charge >= 0.3 is 0 Å². The van der Waals surface area contributed by atoms with E-state index in [0.29, 0.717) is 6.10 Å². The smallest absolute Gasteiger partial charge is 0.0925 e. The van der Waals surface area contributed by atoms with E-state index in [0.717, 1.165) is 29.6 Å². The number of hydrogen-bond acceptors (Lipinski definition) is 1. The molecule has 3 aliphatic rings. The fourth-order valence-corrected chi connectivity index (χ4v) is 5.40. The molecule has 0 aromatic carbocycles. The second-order valence-corrected chi connectivity index (χ2v) is 8.15. The van der Waals surface area contributed by atoms with E-state index in [1.165, 1.54) is 38.5 Å². The lowest BCUT2D eigenvalue weighted by Gasteiger charge is -2.36. The van der Waals surface area contributed by atoms with Gasteiger partial charge in [0.2, 0.25) is 0 Å². The summed E-state index contributed by atoms with van der Waals surface area (Å²) in [4.78, 5) is 0. The Morgan fingerprint density at radius 3 is 2.22 bits per heavy atom. The number of ether oxygens (including phenoxy) is 1. The molecule has 2 aliphatic carbocycles. The van der Waals surface area contributed by atoms with Gasteiger partial charge in [0.25, 0.3) is 0 Å². The maximum absolute atomic E-state index is 5.94. The molecule has 3 fully saturated rings. The molecule has 1 heteroatoms. The van der Waals surface area contributed by atoms with E-state index in [2.05, 4.69) is 27.7 Å². The number of rotatable bonds is 2. The molecule has 0 amide bonds. The van der Waals surface area contributed by atoms with Crippen LogP contribution in [0.25, 0.3) is 0 Å². The Morgan fingerprint density at radius 2 is 1.61 bits per heavy atom. The zero-order valence-corrected chi connectivity index (χ0v) is 12.6. The summed E-state index contributed by atoms with van der Waals surface area (Å²) in [6.45, 7) is 9.64. The van der Waals surface area contributed by atoms with Gasteiger partial charge in [0.15, 0.2) is 0 Å². The first kappa shape index (κ1) is 13.0. The minimum absolute atomic E-state index is 0.272. The predicted molar refractivity (Wildman–Crippen MR) is 75.5 cm³/mol. The monoisotopic (exact) mass is 250 g/mol. The summed E-state index contributed by atoms with van der Waals surface area (Å²) in [7, 11) is 0. The second-order valence-electron chi connectivity index (χ2n) is 8.15. The van der Waals surface area contributed by atoms with Crippen LogP contribution in [0, 0.1) is 29.6 Å². The van der Waals surface area contributed by atoms with Crippen molar-refractivity contribution in [2.45, 2.75) is 77.9 Å². The first-order valence-corrected chi connectivity index (χ1v) is 8.14. The van der Waals surface area contributed by atoms with Gasteiger partial charge in [-0.1, -0.05) is 20.8 Å². The number of hydrogen-bond donors (Lipinski definition) is 0. The molecule has 6 atom stereocenters.